The van der Waals surface area contributed by atoms with Gasteiger partial charge in [-0.25, -0.2) is 9.38 Å². The zero-order chi connectivity index (χ0) is 27.1. The molecular formula is C26H38FN5O5. The van der Waals surface area contributed by atoms with Gasteiger partial charge in [0.2, 0.25) is 17.7 Å². The van der Waals surface area contributed by atoms with Crippen molar-refractivity contribution in [2.24, 2.45) is 28.3 Å². The van der Waals surface area contributed by atoms with Crippen molar-refractivity contribution < 1.29 is 28.2 Å². The summed E-state index contributed by atoms with van der Waals surface area (Å²) in [5, 5.41) is 2.55. The molecule has 1 heterocycles. The molecule has 204 valence electrons. The first kappa shape index (κ1) is 28.4. The Hall–Kier alpha value is -3.21. The molecule has 1 saturated heterocycles. The number of likely N-dealkylation sites (tertiary alicyclic amines) is 1. The molecule has 11 heteroatoms. The number of benzene rings is 1. The number of rotatable bonds is 9. The summed E-state index contributed by atoms with van der Waals surface area (Å²) < 4.78 is 24.4. The molecule has 3 rings (SSSR count). The topological polar surface area (TPSA) is 149 Å². The quantitative estimate of drug-likeness (QED) is 0.332. The zero-order valence-electron chi connectivity index (χ0n) is 21.7. The molecule has 0 radical (unpaired) electrons. The molecule has 1 aromatic carbocycles. The fourth-order valence-corrected chi connectivity index (χ4v) is 5.53. The molecule has 2 aliphatic rings. The number of nitrogens with two attached hydrogens (primary N) is 2. The molecule has 10 nitrogen and oxygen atoms in total. The highest BCUT2D eigenvalue weighted by Crippen LogP contribution is 2.35. The van der Waals surface area contributed by atoms with Crippen LogP contribution < -0.4 is 21.5 Å². The number of methoxy groups -OCH3 is 2. The number of carbonyl (C=O) groups excluding carboxylic acids is 3. The lowest BCUT2D eigenvalue weighted by molar-refractivity contribution is -0.136. The van der Waals surface area contributed by atoms with Crippen molar-refractivity contribution >= 4 is 23.7 Å². The third-order valence-corrected chi connectivity index (χ3v) is 7.47. The van der Waals surface area contributed by atoms with Crippen molar-refractivity contribution in [3.8, 4) is 5.75 Å². The van der Waals surface area contributed by atoms with Crippen LogP contribution in [0.4, 0.5) is 4.39 Å². The Labute approximate surface area is 216 Å². The maximum atomic E-state index is 14.0. The minimum Gasteiger partial charge on any atom is -0.494 e. The maximum Gasteiger partial charge on any atom is 0.249 e. The number of hydrogen-bond donors (Lipinski definition) is 3. The van der Waals surface area contributed by atoms with E-state index in [9.17, 15) is 18.8 Å². The van der Waals surface area contributed by atoms with Crippen LogP contribution >= 0.6 is 0 Å². The van der Waals surface area contributed by atoms with Crippen LogP contribution in [-0.4, -0.2) is 67.5 Å². The SMILES string of the molecule is COc1cc(CC(C2CCCCC2)C(N=C(N)NC(=O)[C@@H]2C[C@@H](OC)CN2C(C)=O)C(N)=O)ccc1F. The summed E-state index contributed by atoms with van der Waals surface area (Å²) in [4.78, 5) is 43.4. The van der Waals surface area contributed by atoms with Gasteiger partial charge >= 0.3 is 0 Å². The van der Waals surface area contributed by atoms with Crippen LogP contribution in [-0.2, 0) is 25.5 Å². The predicted molar refractivity (Wildman–Crippen MR) is 136 cm³/mol. The lowest BCUT2D eigenvalue weighted by Crippen LogP contribution is -2.50. The number of guanidine groups is 1. The number of hydrogen-bond acceptors (Lipinski definition) is 6. The molecule has 1 aliphatic heterocycles. The first-order valence-corrected chi connectivity index (χ1v) is 12.7. The second-order valence-corrected chi connectivity index (χ2v) is 9.87. The molecule has 1 aromatic rings. The van der Waals surface area contributed by atoms with Crippen molar-refractivity contribution in [2.45, 2.75) is 70.1 Å². The van der Waals surface area contributed by atoms with Gasteiger partial charge in [-0.15, -0.1) is 0 Å². The fourth-order valence-electron chi connectivity index (χ4n) is 5.53. The third kappa shape index (κ3) is 7.18. The summed E-state index contributed by atoms with van der Waals surface area (Å²) in [6.45, 7) is 1.69. The summed E-state index contributed by atoms with van der Waals surface area (Å²) >= 11 is 0. The molecular weight excluding hydrogens is 481 g/mol. The Morgan fingerprint density at radius 1 is 1.19 bits per heavy atom. The van der Waals surface area contributed by atoms with Crippen molar-refractivity contribution in [1.29, 1.82) is 0 Å². The Bertz CT molecular complexity index is 1010. The highest BCUT2D eigenvalue weighted by molar-refractivity contribution is 6.00. The van der Waals surface area contributed by atoms with Crippen molar-refractivity contribution in [3.63, 3.8) is 0 Å². The van der Waals surface area contributed by atoms with Gasteiger partial charge in [0.15, 0.2) is 17.5 Å². The van der Waals surface area contributed by atoms with Crippen LogP contribution in [0.5, 0.6) is 5.75 Å². The normalized spacial score (nSPS) is 22.4. The first-order valence-electron chi connectivity index (χ1n) is 12.7. The van der Waals surface area contributed by atoms with E-state index in [1.807, 2.05) is 0 Å². The van der Waals surface area contributed by atoms with Gasteiger partial charge in [-0.1, -0.05) is 38.2 Å². The average molecular weight is 520 g/mol. The van der Waals surface area contributed by atoms with Crippen LogP contribution in [0.2, 0.25) is 0 Å². The largest absolute Gasteiger partial charge is 0.494 e. The minimum absolute atomic E-state index is 0.117. The van der Waals surface area contributed by atoms with E-state index in [2.05, 4.69) is 10.3 Å². The minimum atomic E-state index is -1.00. The molecule has 37 heavy (non-hydrogen) atoms. The Morgan fingerprint density at radius 2 is 1.89 bits per heavy atom. The second kappa shape index (κ2) is 12.8. The van der Waals surface area contributed by atoms with E-state index < -0.39 is 29.7 Å². The highest BCUT2D eigenvalue weighted by atomic mass is 19.1. The van der Waals surface area contributed by atoms with E-state index in [1.54, 1.807) is 12.1 Å². The first-order chi connectivity index (χ1) is 17.6. The monoisotopic (exact) mass is 519 g/mol. The number of aliphatic imine (C=N–C) groups is 1. The lowest BCUT2D eigenvalue weighted by atomic mass is 9.74. The van der Waals surface area contributed by atoms with Gasteiger partial charge in [0.25, 0.3) is 0 Å². The summed E-state index contributed by atoms with van der Waals surface area (Å²) in [5.74, 6) is -2.16. The van der Waals surface area contributed by atoms with Crippen LogP contribution in [0, 0.1) is 17.7 Å². The van der Waals surface area contributed by atoms with Gasteiger partial charge in [0.1, 0.15) is 12.1 Å². The van der Waals surface area contributed by atoms with E-state index in [-0.39, 0.29) is 35.6 Å². The average Bonchev–Trinajstić information content (AvgIpc) is 3.33. The zero-order valence-corrected chi connectivity index (χ0v) is 21.7. The molecule has 2 fully saturated rings. The summed E-state index contributed by atoms with van der Waals surface area (Å²) in [5.41, 5.74) is 12.7. The standard InChI is InChI=1S/C26H38FN5O5/c1-15(33)32-14-18(36-2)13-21(32)25(35)31-26(29)30-23(24(28)34)19(17-7-5-4-6-8-17)11-16-9-10-20(27)22(12-16)37-3/h9-10,12,17-19,21,23H,4-8,11,13-14H2,1-3H3,(H2,28,34)(H3,29,30,31,35)/t18-,19?,21+,23?/m1/s1. The summed E-state index contributed by atoms with van der Waals surface area (Å²) in [6, 6.07) is 2.84. The van der Waals surface area contributed by atoms with E-state index >= 15 is 0 Å². The van der Waals surface area contributed by atoms with E-state index in [1.165, 1.54) is 32.1 Å². The van der Waals surface area contributed by atoms with Crippen LogP contribution in [0.25, 0.3) is 0 Å². The third-order valence-electron chi connectivity index (χ3n) is 7.47. The van der Waals surface area contributed by atoms with Crippen LogP contribution in [0.1, 0.15) is 51.0 Å². The van der Waals surface area contributed by atoms with Crippen LogP contribution in [0.3, 0.4) is 0 Å². The number of carbonyl (C=O) groups is 3. The van der Waals surface area contributed by atoms with Gasteiger partial charge in [-0.3, -0.25) is 19.7 Å². The molecule has 0 aromatic heterocycles. The lowest BCUT2D eigenvalue weighted by Gasteiger charge is -2.33. The molecule has 0 spiro atoms. The van der Waals surface area contributed by atoms with Gasteiger partial charge in [-0.2, -0.15) is 0 Å². The van der Waals surface area contributed by atoms with Gasteiger partial charge in [0.05, 0.1) is 13.2 Å². The highest BCUT2D eigenvalue weighted by Gasteiger charge is 2.39. The summed E-state index contributed by atoms with van der Waals surface area (Å²) in [7, 11) is 2.92. The van der Waals surface area contributed by atoms with Crippen molar-refractivity contribution in [1.82, 2.24) is 10.2 Å². The maximum absolute atomic E-state index is 14.0. The molecule has 3 amide bonds. The fraction of sp³-hybridized carbons (Fsp3) is 0.615. The number of nitrogens with one attached hydrogen (secondary N) is 1. The molecule has 1 aliphatic carbocycles. The number of halogens is 1. The van der Waals surface area contributed by atoms with Gasteiger partial charge in [0, 0.05) is 27.0 Å². The molecule has 1 saturated carbocycles. The van der Waals surface area contributed by atoms with E-state index in [4.69, 9.17) is 20.9 Å². The molecule has 2 unspecified atom stereocenters. The molecule has 4 atom stereocenters. The van der Waals surface area contributed by atoms with E-state index in [0.29, 0.717) is 19.4 Å². The Balaban J connectivity index is 1.84. The van der Waals surface area contributed by atoms with Gasteiger partial charge < -0.3 is 25.8 Å². The smallest absolute Gasteiger partial charge is 0.249 e. The number of amides is 3. The number of nitrogens with zero attached hydrogens (tertiary/aromatic N) is 2. The Kier molecular flexibility index (Phi) is 9.85. The Morgan fingerprint density at radius 3 is 2.49 bits per heavy atom. The summed E-state index contributed by atoms with van der Waals surface area (Å²) in [6.07, 6.45) is 5.45. The second-order valence-electron chi connectivity index (χ2n) is 9.87. The number of primary amides is 1. The van der Waals surface area contributed by atoms with Gasteiger partial charge in [-0.05, 0) is 36.0 Å². The van der Waals surface area contributed by atoms with Crippen LogP contribution in [0.15, 0.2) is 23.2 Å². The molecule has 0 bridgehead atoms. The predicted octanol–water partition coefficient (Wildman–Crippen LogP) is 1.49. The molecule has 5 N–H and O–H groups in total. The van der Waals surface area contributed by atoms with E-state index in [0.717, 1.165) is 37.7 Å². The van der Waals surface area contributed by atoms with Crippen molar-refractivity contribution in [3.05, 3.63) is 29.6 Å². The van der Waals surface area contributed by atoms with Crippen molar-refractivity contribution in [2.75, 3.05) is 20.8 Å². The number of ether oxygens (including phenoxy) is 2.